The summed E-state index contributed by atoms with van der Waals surface area (Å²) in [6, 6.07) is 12.6. The third kappa shape index (κ3) is 4.24. The molecule has 32 heavy (non-hydrogen) atoms. The van der Waals surface area contributed by atoms with E-state index in [1.807, 2.05) is 36.7 Å². The van der Waals surface area contributed by atoms with E-state index in [0.29, 0.717) is 10.8 Å². The zero-order valence-electron chi connectivity index (χ0n) is 17.5. The third-order valence-corrected chi connectivity index (χ3v) is 5.77. The summed E-state index contributed by atoms with van der Waals surface area (Å²) in [5, 5.41) is 4.31. The molecule has 0 aliphatic heterocycles. The second kappa shape index (κ2) is 9.27. The molecule has 0 saturated heterocycles. The van der Waals surface area contributed by atoms with Gasteiger partial charge in [-0.3, -0.25) is 9.36 Å². The Morgan fingerprint density at radius 2 is 1.97 bits per heavy atom. The Kier molecular flexibility index (Phi) is 6.27. The van der Waals surface area contributed by atoms with Crippen molar-refractivity contribution in [3.63, 3.8) is 0 Å². The van der Waals surface area contributed by atoms with Gasteiger partial charge in [-0.25, -0.2) is 14.2 Å². The number of nitrogens with one attached hydrogen (secondary N) is 2. The number of thioether (sulfide) groups is 1. The van der Waals surface area contributed by atoms with Gasteiger partial charge in [0.15, 0.2) is 5.16 Å². The van der Waals surface area contributed by atoms with Crippen LogP contribution < -0.4 is 5.32 Å². The van der Waals surface area contributed by atoms with E-state index in [4.69, 9.17) is 4.74 Å². The minimum atomic E-state index is -0.902. The smallest absolute Gasteiger partial charge is 0.328 e. The normalized spacial score (nSPS) is 12.0. The first-order valence-electron chi connectivity index (χ1n) is 9.83. The number of para-hydroxylation sites is 1. The van der Waals surface area contributed by atoms with E-state index in [9.17, 15) is 14.0 Å². The summed E-state index contributed by atoms with van der Waals surface area (Å²) < 4.78 is 20.0. The maximum atomic E-state index is 13.4. The number of esters is 1. The van der Waals surface area contributed by atoms with Crippen LogP contribution in [0.1, 0.15) is 16.1 Å². The topological polar surface area (TPSA) is 89.0 Å². The van der Waals surface area contributed by atoms with Gasteiger partial charge in [0.1, 0.15) is 17.6 Å². The van der Waals surface area contributed by atoms with Gasteiger partial charge in [-0.15, -0.1) is 0 Å². The Labute approximate surface area is 188 Å². The van der Waals surface area contributed by atoms with Gasteiger partial charge in [-0.1, -0.05) is 30.0 Å². The van der Waals surface area contributed by atoms with E-state index in [0.717, 1.165) is 16.5 Å². The summed E-state index contributed by atoms with van der Waals surface area (Å²) in [5.74, 6) is -1.42. The van der Waals surface area contributed by atoms with Gasteiger partial charge >= 0.3 is 5.97 Å². The summed E-state index contributed by atoms with van der Waals surface area (Å²) in [6.07, 6.45) is 5.34. The molecule has 1 atom stereocenters. The maximum absolute atomic E-state index is 13.4. The van der Waals surface area contributed by atoms with Crippen molar-refractivity contribution in [2.24, 2.45) is 0 Å². The van der Waals surface area contributed by atoms with Crippen LogP contribution in [-0.2, 0) is 16.0 Å². The fraction of sp³-hybridized carbons (Fsp3) is 0.174. The van der Waals surface area contributed by atoms with Crippen LogP contribution in [0.4, 0.5) is 4.39 Å². The first-order valence-corrected chi connectivity index (χ1v) is 11.1. The molecule has 0 bridgehead atoms. The van der Waals surface area contributed by atoms with E-state index < -0.39 is 17.9 Å². The molecule has 2 N–H and O–H groups in total. The molecule has 2 heterocycles. The molecule has 0 aliphatic carbocycles. The molecule has 0 saturated carbocycles. The molecular weight excluding hydrogens is 431 g/mol. The lowest BCUT2D eigenvalue weighted by atomic mass is 10.0. The molecule has 0 fully saturated rings. The number of carbonyl (C=O) groups is 2. The van der Waals surface area contributed by atoms with Crippen molar-refractivity contribution < 1.29 is 18.7 Å². The quantitative estimate of drug-likeness (QED) is 0.330. The van der Waals surface area contributed by atoms with Crippen LogP contribution in [0.5, 0.6) is 0 Å². The molecular formula is C23H21FN4O3S. The SMILES string of the molecule is COC(=O)[C@@H](Cc1c[nH]c2ccccc12)NC(=O)c1cnc(SC)n1-c1ccc(F)cc1. The van der Waals surface area contributed by atoms with Crippen molar-refractivity contribution in [3.05, 3.63) is 78.0 Å². The number of aromatic nitrogens is 3. The highest BCUT2D eigenvalue weighted by atomic mass is 32.2. The second-order valence-corrected chi connectivity index (χ2v) is 7.83. The van der Waals surface area contributed by atoms with Crippen LogP contribution in [0.2, 0.25) is 0 Å². The molecule has 2 aromatic heterocycles. The first kappa shape index (κ1) is 21.6. The fourth-order valence-electron chi connectivity index (χ4n) is 3.57. The van der Waals surface area contributed by atoms with Gasteiger partial charge in [0.2, 0.25) is 0 Å². The van der Waals surface area contributed by atoms with Gasteiger partial charge in [-0.05, 0) is 42.2 Å². The van der Waals surface area contributed by atoms with Gasteiger partial charge in [0.05, 0.1) is 13.3 Å². The van der Waals surface area contributed by atoms with Crippen molar-refractivity contribution >= 4 is 34.5 Å². The van der Waals surface area contributed by atoms with E-state index in [1.165, 1.54) is 37.2 Å². The Bertz CT molecular complexity index is 1270. The molecule has 0 spiro atoms. The molecule has 1 amide bonds. The first-order chi connectivity index (χ1) is 15.5. The predicted molar refractivity (Wildman–Crippen MR) is 121 cm³/mol. The summed E-state index contributed by atoms with van der Waals surface area (Å²) in [5.41, 5.74) is 2.64. The number of methoxy groups -OCH3 is 1. The molecule has 0 aliphatic rings. The number of halogens is 1. The number of ether oxygens (including phenoxy) is 1. The Hall–Kier alpha value is -3.59. The number of nitrogens with zero attached hydrogens (tertiary/aromatic N) is 2. The van der Waals surface area contributed by atoms with E-state index in [1.54, 1.807) is 16.7 Å². The van der Waals surface area contributed by atoms with Crippen LogP contribution in [0, 0.1) is 5.82 Å². The number of amides is 1. The Morgan fingerprint density at radius 1 is 1.22 bits per heavy atom. The molecule has 7 nitrogen and oxygen atoms in total. The predicted octanol–water partition coefficient (Wildman–Crippen LogP) is 3.73. The Balaban J connectivity index is 1.64. The number of aromatic amines is 1. The number of hydrogen-bond donors (Lipinski definition) is 2. The standard InChI is InChI=1S/C23H21FN4O3S/c1-31-22(30)19(11-14-12-25-18-6-4-3-5-17(14)18)27-21(29)20-13-26-23(32-2)28(20)16-9-7-15(24)8-10-16/h3-10,12-13,19,25H,11H2,1-2H3,(H,27,29)/t19-/m1/s1. The van der Waals surface area contributed by atoms with Crippen LogP contribution in [-0.4, -0.2) is 45.8 Å². The average Bonchev–Trinajstić information content (AvgIpc) is 3.43. The van der Waals surface area contributed by atoms with Crippen molar-refractivity contribution in [1.29, 1.82) is 0 Å². The minimum absolute atomic E-state index is 0.230. The van der Waals surface area contributed by atoms with Crippen LogP contribution in [0.15, 0.2) is 66.1 Å². The lowest BCUT2D eigenvalue weighted by Gasteiger charge is -2.17. The van der Waals surface area contributed by atoms with Crippen LogP contribution >= 0.6 is 11.8 Å². The fourth-order valence-corrected chi connectivity index (χ4v) is 4.11. The Morgan fingerprint density at radius 3 is 2.69 bits per heavy atom. The van der Waals surface area contributed by atoms with Gasteiger partial charge < -0.3 is 15.0 Å². The number of benzene rings is 2. The number of fused-ring (bicyclic) bond motifs is 1. The van der Waals surface area contributed by atoms with Gasteiger partial charge in [0, 0.05) is 29.2 Å². The summed E-state index contributed by atoms with van der Waals surface area (Å²) >= 11 is 1.35. The molecule has 164 valence electrons. The largest absolute Gasteiger partial charge is 0.467 e. The number of rotatable bonds is 7. The van der Waals surface area contributed by atoms with Crippen molar-refractivity contribution in [2.75, 3.05) is 13.4 Å². The molecule has 0 radical (unpaired) electrons. The summed E-state index contributed by atoms with van der Waals surface area (Å²) in [7, 11) is 1.28. The van der Waals surface area contributed by atoms with Gasteiger partial charge in [0.25, 0.3) is 5.91 Å². The second-order valence-electron chi connectivity index (χ2n) is 7.05. The molecule has 2 aromatic carbocycles. The van der Waals surface area contributed by atoms with Gasteiger partial charge in [-0.2, -0.15) is 0 Å². The van der Waals surface area contributed by atoms with Crippen LogP contribution in [0.25, 0.3) is 16.6 Å². The van der Waals surface area contributed by atoms with Crippen molar-refractivity contribution in [2.45, 2.75) is 17.6 Å². The highest BCUT2D eigenvalue weighted by molar-refractivity contribution is 7.98. The lowest BCUT2D eigenvalue weighted by Crippen LogP contribution is -2.43. The molecule has 9 heteroatoms. The number of hydrogen-bond acceptors (Lipinski definition) is 5. The van der Waals surface area contributed by atoms with E-state index in [2.05, 4.69) is 15.3 Å². The number of H-pyrrole nitrogens is 1. The zero-order valence-corrected chi connectivity index (χ0v) is 18.3. The monoisotopic (exact) mass is 452 g/mol. The highest BCUT2D eigenvalue weighted by Crippen LogP contribution is 2.23. The lowest BCUT2D eigenvalue weighted by molar-refractivity contribution is -0.142. The molecule has 0 unspecified atom stereocenters. The van der Waals surface area contributed by atoms with Crippen molar-refractivity contribution in [1.82, 2.24) is 19.9 Å². The van der Waals surface area contributed by atoms with E-state index >= 15 is 0 Å². The number of imidazole rings is 1. The minimum Gasteiger partial charge on any atom is -0.467 e. The highest BCUT2D eigenvalue weighted by Gasteiger charge is 2.26. The summed E-state index contributed by atoms with van der Waals surface area (Å²) in [4.78, 5) is 33.1. The van der Waals surface area contributed by atoms with E-state index in [-0.39, 0.29) is 17.9 Å². The third-order valence-electron chi connectivity index (χ3n) is 5.12. The summed E-state index contributed by atoms with van der Waals surface area (Å²) in [6.45, 7) is 0. The maximum Gasteiger partial charge on any atom is 0.328 e. The zero-order chi connectivity index (χ0) is 22.7. The average molecular weight is 453 g/mol. The molecule has 4 aromatic rings. The molecule has 4 rings (SSSR count). The van der Waals surface area contributed by atoms with Crippen LogP contribution in [0.3, 0.4) is 0 Å². The van der Waals surface area contributed by atoms with Crippen molar-refractivity contribution in [3.8, 4) is 5.69 Å². The number of carbonyl (C=O) groups excluding carboxylic acids is 2.